The predicted octanol–water partition coefficient (Wildman–Crippen LogP) is 3.12. The zero-order chi connectivity index (χ0) is 10.2. The second-order valence-electron chi connectivity index (χ2n) is 5.29. The second-order valence-corrected chi connectivity index (χ2v) is 5.29. The lowest BCUT2D eigenvalue weighted by atomic mass is 9.84. The first-order valence-electron chi connectivity index (χ1n) is 5.69. The first-order valence-corrected chi connectivity index (χ1v) is 5.69. The predicted molar refractivity (Wildman–Crippen MR) is 56.8 cm³/mol. The van der Waals surface area contributed by atoms with Crippen LogP contribution in [-0.2, 0) is 0 Å². The Morgan fingerprint density at radius 2 is 2.36 bits per heavy atom. The van der Waals surface area contributed by atoms with Gasteiger partial charge in [-0.25, -0.2) is 4.39 Å². The van der Waals surface area contributed by atoms with Gasteiger partial charge in [0.2, 0.25) is 0 Å². The zero-order valence-corrected chi connectivity index (χ0v) is 9.22. The summed E-state index contributed by atoms with van der Waals surface area (Å²) in [4.78, 5) is 2.50. The third-order valence-corrected chi connectivity index (χ3v) is 3.63. The normalized spacial score (nSPS) is 35.9. The van der Waals surface area contributed by atoms with Gasteiger partial charge in [0.25, 0.3) is 0 Å². The SMILES string of the molecule is CC(C)CC12CCCN1C/C(=C/F)C2. The lowest BCUT2D eigenvalue weighted by molar-refractivity contribution is 0.163. The summed E-state index contributed by atoms with van der Waals surface area (Å²) in [7, 11) is 0. The third kappa shape index (κ3) is 1.60. The number of hydrogen-bond acceptors (Lipinski definition) is 1. The van der Waals surface area contributed by atoms with Crippen LogP contribution >= 0.6 is 0 Å². The van der Waals surface area contributed by atoms with Crippen molar-refractivity contribution in [3.8, 4) is 0 Å². The Morgan fingerprint density at radius 1 is 1.57 bits per heavy atom. The van der Waals surface area contributed by atoms with Crippen LogP contribution in [0.2, 0.25) is 0 Å². The van der Waals surface area contributed by atoms with E-state index >= 15 is 0 Å². The summed E-state index contributed by atoms with van der Waals surface area (Å²) < 4.78 is 12.5. The van der Waals surface area contributed by atoms with Gasteiger partial charge in [0.1, 0.15) is 0 Å². The van der Waals surface area contributed by atoms with Gasteiger partial charge < -0.3 is 0 Å². The Morgan fingerprint density at radius 3 is 3.00 bits per heavy atom. The maximum atomic E-state index is 12.5. The molecule has 1 nitrogen and oxygen atoms in total. The molecule has 0 aliphatic carbocycles. The highest BCUT2D eigenvalue weighted by atomic mass is 19.1. The highest BCUT2D eigenvalue weighted by Gasteiger charge is 2.46. The number of nitrogens with zero attached hydrogens (tertiary/aromatic N) is 1. The van der Waals surface area contributed by atoms with Gasteiger partial charge >= 0.3 is 0 Å². The maximum absolute atomic E-state index is 12.5. The molecule has 2 heterocycles. The van der Waals surface area contributed by atoms with Crippen molar-refractivity contribution in [3.63, 3.8) is 0 Å². The lowest BCUT2D eigenvalue weighted by Gasteiger charge is -2.33. The smallest absolute Gasteiger partial charge is 0.0872 e. The van der Waals surface area contributed by atoms with Crippen LogP contribution in [0.5, 0.6) is 0 Å². The summed E-state index contributed by atoms with van der Waals surface area (Å²) in [6, 6.07) is 0. The van der Waals surface area contributed by atoms with Crippen LogP contribution in [0.25, 0.3) is 0 Å². The molecule has 0 aromatic rings. The molecule has 2 fully saturated rings. The summed E-state index contributed by atoms with van der Waals surface area (Å²) in [5.41, 5.74) is 1.33. The van der Waals surface area contributed by atoms with Crippen molar-refractivity contribution in [1.82, 2.24) is 4.90 Å². The van der Waals surface area contributed by atoms with Gasteiger partial charge in [0.15, 0.2) is 0 Å². The molecule has 0 radical (unpaired) electrons. The van der Waals surface area contributed by atoms with Gasteiger partial charge in [0.05, 0.1) is 6.33 Å². The molecule has 0 amide bonds. The quantitative estimate of drug-likeness (QED) is 0.657. The van der Waals surface area contributed by atoms with Crippen LogP contribution in [0.1, 0.15) is 39.5 Å². The standard InChI is InChI=1S/C12H20FN/c1-10(2)6-12-4-3-5-14(12)9-11(7-12)8-13/h8,10H,3-7,9H2,1-2H3/b11-8+. The van der Waals surface area contributed by atoms with Gasteiger partial charge in [-0.3, -0.25) is 4.90 Å². The van der Waals surface area contributed by atoms with E-state index in [9.17, 15) is 4.39 Å². The Bertz CT molecular complexity index is 247. The van der Waals surface area contributed by atoms with Crippen LogP contribution < -0.4 is 0 Å². The molecule has 0 bridgehead atoms. The molecule has 0 N–H and O–H groups in total. The van der Waals surface area contributed by atoms with Crippen molar-refractivity contribution in [2.45, 2.75) is 45.1 Å². The average Bonchev–Trinajstić information content (AvgIpc) is 2.58. The van der Waals surface area contributed by atoms with Gasteiger partial charge in [-0.1, -0.05) is 13.8 Å². The van der Waals surface area contributed by atoms with Crippen LogP contribution in [0.15, 0.2) is 11.9 Å². The van der Waals surface area contributed by atoms with Crippen molar-refractivity contribution in [2.75, 3.05) is 13.1 Å². The van der Waals surface area contributed by atoms with Crippen LogP contribution in [0, 0.1) is 5.92 Å². The molecule has 2 heteroatoms. The Balaban J connectivity index is 2.14. The largest absolute Gasteiger partial charge is 0.293 e. The van der Waals surface area contributed by atoms with Gasteiger partial charge in [0, 0.05) is 12.1 Å². The fraction of sp³-hybridized carbons (Fsp3) is 0.833. The van der Waals surface area contributed by atoms with E-state index in [2.05, 4.69) is 18.7 Å². The number of rotatable bonds is 2. The summed E-state index contributed by atoms with van der Waals surface area (Å²) in [5, 5.41) is 0. The minimum Gasteiger partial charge on any atom is -0.293 e. The van der Waals surface area contributed by atoms with Gasteiger partial charge in [-0.2, -0.15) is 0 Å². The minimum atomic E-state index is 0.325. The molecule has 0 aromatic carbocycles. The third-order valence-electron chi connectivity index (χ3n) is 3.63. The van der Waals surface area contributed by atoms with E-state index in [4.69, 9.17) is 0 Å². The molecule has 2 saturated heterocycles. The topological polar surface area (TPSA) is 3.24 Å². The van der Waals surface area contributed by atoms with E-state index in [1.165, 1.54) is 25.8 Å². The molecule has 0 spiro atoms. The van der Waals surface area contributed by atoms with E-state index in [-0.39, 0.29) is 0 Å². The molecular formula is C12H20FN. The molecule has 2 rings (SSSR count). The molecule has 1 atom stereocenters. The maximum Gasteiger partial charge on any atom is 0.0872 e. The first-order chi connectivity index (χ1) is 6.66. The van der Waals surface area contributed by atoms with Crippen molar-refractivity contribution >= 4 is 0 Å². The van der Waals surface area contributed by atoms with E-state index in [1.54, 1.807) is 0 Å². The highest BCUT2D eigenvalue weighted by Crippen LogP contribution is 2.45. The highest BCUT2D eigenvalue weighted by molar-refractivity contribution is 5.18. The fourth-order valence-corrected chi connectivity index (χ4v) is 3.30. The van der Waals surface area contributed by atoms with Crippen molar-refractivity contribution in [3.05, 3.63) is 11.9 Å². The monoisotopic (exact) mass is 197 g/mol. The molecule has 14 heavy (non-hydrogen) atoms. The van der Waals surface area contributed by atoms with Crippen LogP contribution in [-0.4, -0.2) is 23.5 Å². The number of fused-ring (bicyclic) bond motifs is 1. The van der Waals surface area contributed by atoms with Crippen LogP contribution in [0.3, 0.4) is 0 Å². The van der Waals surface area contributed by atoms with Crippen molar-refractivity contribution in [2.24, 2.45) is 5.92 Å². The van der Waals surface area contributed by atoms with E-state index in [0.29, 0.717) is 5.54 Å². The Labute approximate surface area is 86.0 Å². The average molecular weight is 197 g/mol. The molecule has 2 aliphatic rings. The summed E-state index contributed by atoms with van der Waals surface area (Å²) >= 11 is 0. The minimum absolute atomic E-state index is 0.325. The van der Waals surface area contributed by atoms with Crippen LogP contribution in [0.4, 0.5) is 4.39 Å². The molecule has 1 unspecified atom stereocenters. The van der Waals surface area contributed by atoms with Crippen molar-refractivity contribution < 1.29 is 4.39 Å². The Kier molecular flexibility index (Phi) is 2.65. The van der Waals surface area contributed by atoms with Gasteiger partial charge in [-0.05, 0) is 43.7 Å². The number of halogens is 1. The molecule has 80 valence electrons. The van der Waals surface area contributed by atoms with E-state index in [0.717, 1.165) is 30.8 Å². The molecular weight excluding hydrogens is 177 g/mol. The first kappa shape index (κ1) is 10.2. The van der Waals surface area contributed by atoms with E-state index < -0.39 is 0 Å². The molecule has 2 aliphatic heterocycles. The number of hydrogen-bond donors (Lipinski definition) is 0. The zero-order valence-electron chi connectivity index (χ0n) is 9.22. The molecule has 0 aromatic heterocycles. The summed E-state index contributed by atoms with van der Waals surface area (Å²) in [5.74, 6) is 0.717. The van der Waals surface area contributed by atoms with E-state index in [1.807, 2.05) is 0 Å². The Hall–Kier alpha value is -0.370. The summed E-state index contributed by atoms with van der Waals surface area (Å²) in [6.45, 7) is 6.58. The lowest BCUT2D eigenvalue weighted by Crippen LogP contribution is -2.39. The summed E-state index contributed by atoms with van der Waals surface area (Å²) in [6.07, 6.45) is 5.60. The molecule has 0 saturated carbocycles. The van der Waals surface area contributed by atoms with Gasteiger partial charge in [-0.15, -0.1) is 0 Å². The second kappa shape index (κ2) is 3.65. The fourth-order valence-electron chi connectivity index (χ4n) is 3.30. The van der Waals surface area contributed by atoms with Crippen molar-refractivity contribution in [1.29, 1.82) is 0 Å².